The molecule has 1 aromatic rings. The van der Waals surface area contributed by atoms with Crippen molar-refractivity contribution in [3.05, 3.63) is 33.3 Å². The Kier molecular flexibility index (Phi) is 2.69. The van der Waals surface area contributed by atoms with Gasteiger partial charge in [0.25, 0.3) is 0 Å². The quantitative estimate of drug-likeness (QED) is 0.683. The highest BCUT2D eigenvalue weighted by atomic mass is 79.9. The molecule has 0 bridgehead atoms. The summed E-state index contributed by atoms with van der Waals surface area (Å²) in [4.78, 5) is 0. The van der Waals surface area contributed by atoms with Gasteiger partial charge in [-0.15, -0.1) is 0 Å². The molecule has 0 saturated heterocycles. The Morgan fingerprint density at radius 3 is 2.70 bits per heavy atom. The molecule has 0 aromatic heterocycles. The lowest BCUT2D eigenvalue weighted by Crippen LogP contribution is -1.79. The summed E-state index contributed by atoms with van der Waals surface area (Å²) in [5.74, 6) is 0. The molecule has 10 heavy (non-hydrogen) atoms. The molecule has 1 rings (SSSR count). The fourth-order valence-electron chi connectivity index (χ4n) is 0.646. The molecule has 0 nitrogen and oxygen atoms in total. The van der Waals surface area contributed by atoms with Crippen LogP contribution in [0.15, 0.2) is 22.7 Å². The summed E-state index contributed by atoms with van der Waals surface area (Å²) in [5.41, 5.74) is 0.590. The van der Waals surface area contributed by atoms with E-state index in [1.165, 1.54) is 0 Å². The first-order chi connectivity index (χ1) is 4.74. The van der Waals surface area contributed by atoms with Crippen molar-refractivity contribution in [2.24, 2.45) is 0 Å². The Hall–Kier alpha value is -0.0800. The topological polar surface area (TPSA) is 0 Å². The zero-order valence-corrected chi connectivity index (χ0v) is 7.41. The van der Waals surface area contributed by atoms with Gasteiger partial charge in [-0.05, 0) is 23.8 Å². The largest absolute Gasteiger partial charge is 0.246 e. The first kappa shape index (κ1) is 8.02. The van der Waals surface area contributed by atoms with Gasteiger partial charge in [-0.1, -0.05) is 27.5 Å². The minimum atomic E-state index is -0.485. The van der Waals surface area contributed by atoms with E-state index >= 15 is 0 Å². The highest BCUT2D eigenvalue weighted by molar-refractivity contribution is 9.10. The Morgan fingerprint density at radius 2 is 2.20 bits per heavy atom. The molecule has 0 fully saturated rings. The van der Waals surface area contributed by atoms with Crippen molar-refractivity contribution in [1.29, 1.82) is 0 Å². The molecule has 0 radical (unpaired) electrons. The van der Waals surface area contributed by atoms with Crippen molar-refractivity contribution in [1.82, 2.24) is 0 Å². The number of hydrogen-bond acceptors (Lipinski definition) is 0. The zero-order valence-electron chi connectivity index (χ0n) is 5.07. The Morgan fingerprint density at radius 1 is 1.50 bits per heavy atom. The van der Waals surface area contributed by atoms with E-state index in [2.05, 4.69) is 15.9 Å². The maximum atomic E-state index is 12.1. The molecule has 0 aliphatic carbocycles. The van der Waals surface area contributed by atoms with E-state index in [0.717, 1.165) is 4.47 Å². The van der Waals surface area contributed by atoms with Crippen LogP contribution in [0.3, 0.4) is 0 Å². The van der Waals surface area contributed by atoms with Crippen LogP contribution in [0.4, 0.5) is 4.39 Å². The molecule has 0 aliphatic heterocycles. The van der Waals surface area contributed by atoms with E-state index in [4.69, 9.17) is 11.6 Å². The van der Waals surface area contributed by atoms with Gasteiger partial charge in [0.15, 0.2) is 0 Å². The third-order valence-corrected chi connectivity index (χ3v) is 2.16. The van der Waals surface area contributed by atoms with Gasteiger partial charge in [-0.3, -0.25) is 0 Å². The SMILES string of the molecule is FCc1cc(Cl)ccc1Br. The van der Waals surface area contributed by atoms with Crippen LogP contribution in [0.2, 0.25) is 5.02 Å². The summed E-state index contributed by atoms with van der Waals surface area (Å²) in [5, 5.41) is 0.566. The highest BCUT2D eigenvalue weighted by Gasteiger charge is 1.98. The molecule has 0 spiro atoms. The van der Waals surface area contributed by atoms with Gasteiger partial charge in [0.2, 0.25) is 0 Å². The summed E-state index contributed by atoms with van der Waals surface area (Å²) < 4.78 is 12.8. The van der Waals surface area contributed by atoms with Gasteiger partial charge in [0, 0.05) is 9.50 Å². The van der Waals surface area contributed by atoms with Gasteiger partial charge in [-0.2, -0.15) is 0 Å². The van der Waals surface area contributed by atoms with E-state index in [1.807, 2.05) is 0 Å². The lowest BCUT2D eigenvalue weighted by molar-refractivity contribution is 0.484. The fraction of sp³-hybridized carbons (Fsp3) is 0.143. The second-order valence-electron chi connectivity index (χ2n) is 1.87. The number of alkyl halides is 1. The molecular formula is C7H5BrClF. The lowest BCUT2D eigenvalue weighted by Gasteiger charge is -1.97. The molecule has 0 aliphatic rings. The van der Waals surface area contributed by atoms with Crippen LogP contribution >= 0.6 is 27.5 Å². The van der Waals surface area contributed by atoms with E-state index in [1.54, 1.807) is 18.2 Å². The highest BCUT2D eigenvalue weighted by Crippen LogP contribution is 2.21. The predicted molar refractivity (Wildman–Crippen MR) is 44.0 cm³/mol. The van der Waals surface area contributed by atoms with Crippen molar-refractivity contribution in [2.45, 2.75) is 6.67 Å². The van der Waals surface area contributed by atoms with Crippen molar-refractivity contribution in [2.75, 3.05) is 0 Å². The van der Waals surface area contributed by atoms with Crippen LogP contribution in [0, 0.1) is 0 Å². The first-order valence-electron chi connectivity index (χ1n) is 2.74. The minimum absolute atomic E-state index is 0.485. The van der Waals surface area contributed by atoms with Crippen molar-refractivity contribution in [3.8, 4) is 0 Å². The Labute approximate surface area is 72.1 Å². The fourth-order valence-corrected chi connectivity index (χ4v) is 1.19. The summed E-state index contributed by atoms with van der Waals surface area (Å²) in [7, 11) is 0. The van der Waals surface area contributed by atoms with Gasteiger partial charge in [0.05, 0.1) is 0 Å². The average Bonchev–Trinajstić information content (AvgIpc) is 1.94. The lowest BCUT2D eigenvalue weighted by atomic mass is 10.2. The van der Waals surface area contributed by atoms with Gasteiger partial charge in [0.1, 0.15) is 6.67 Å². The second kappa shape index (κ2) is 3.35. The van der Waals surface area contributed by atoms with Crippen LogP contribution in [-0.4, -0.2) is 0 Å². The molecule has 0 amide bonds. The van der Waals surface area contributed by atoms with Gasteiger partial charge < -0.3 is 0 Å². The van der Waals surface area contributed by atoms with Crippen LogP contribution in [0.1, 0.15) is 5.56 Å². The van der Waals surface area contributed by atoms with Gasteiger partial charge >= 0.3 is 0 Å². The average molecular weight is 223 g/mol. The zero-order chi connectivity index (χ0) is 7.56. The summed E-state index contributed by atoms with van der Waals surface area (Å²) in [6, 6.07) is 5.05. The smallest absolute Gasteiger partial charge is 0.116 e. The van der Waals surface area contributed by atoms with E-state index in [-0.39, 0.29) is 0 Å². The number of halogens is 3. The number of benzene rings is 1. The molecule has 0 unspecified atom stereocenters. The third kappa shape index (κ3) is 1.70. The maximum absolute atomic E-state index is 12.1. The molecule has 54 valence electrons. The van der Waals surface area contributed by atoms with Gasteiger partial charge in [-0.25, -0.2) is 4.39 Å². The van der Waals surface area contributed by atoms with Crippen LogP contribution < -0.4 is 0 Å². The van der Waals surface area contributed by atoms with E-state index < -0.39 is 6.67 Å². The maximum Gasteiger partial charge on any atom is 0.116 e. The Balaban J connectivity index is 3.09. The van der Waals surface area contributed by atoms with E-state index in [0.29, 0.717) is 10.6 Å². The summed E-state index contributed by atoms with van der Waals surface area (Å²) in [6.45, 7) is -0.485. The number of hydrogen-bond donors (Lipinski definition) is 0. The third-order valence-electron chi connectivity index (χ3n) is 1.15. The minimum Gasteiger partial charge on any atom is -0.246 e. The molecule has 3 heteroatoms. The molecular weight excluding hydrogens is 218 g/mol. The molecule has 0 saturated carbocycles. The molecule has 1 aromatic carbocycles. The van der Waals surface area contributed by atoms with E-state index in [9.17, 15) is 4.39 Å². The molecule has 0 atom stereocenters. The second-order valence-corrected chi connectivity index (χ2v) is 3.16. The van der Waals surface area contributed by atoms with Crippen LogP contribution in [-0.2, 0) is 6.67 Å². The normalized spacial score (nSPS) is 9.90. The van der Waals surface area contributed by atoms with Crippen molar-refractivity contribution >= 4 is 27.5 Å². The molecule has 0 N–H and O–H groups in total. The monoisotopic (exact) mass is 222 g/mol. The Bertz CT molecular complexity index is 237. The molecule has 0 heterocycles. The van der Waals surface area contributed by atoms with Crippen molar-refractivity contribution < 1.29 is 4.39 Å². The van der Waals surface area contributed by atoms with Crippen LogP contribution in [0.5, 0.6) is 0 Å². The van der Waals surface area contributed by atoms with Crippen LogP contribution in [0.25, 0.3) is 0 Å². The predicted octanol–water partition coefficient (Wildman–Crippen LogP) is 3.57. The summed E-state index contributed by atoms with van der Waals surface area (Å²) in [6.07, 6.45) is 0. The standard InChI is InChI=1S/C7H5BrClF/c8-7-2-1-6(9)3-5(7)4-10/h1-3H,4H2. The first-order valence-corrected chi connectivity index (χ1v) is 3.91. The summed E-state index contributed by atoms with van der Waals surface area (Å²) >= 11 is 8.80. The number of rotatable bonds is 1. The van der Waals surface area contributed by atoms with Crippen molar-refractivity contribution in [3.63, 3.8) is 0 Å².